The third-order valence-corrected chi connectivity index (χ3v) is 2.69. The quantitative estimate of drug-likeness (QED) is 0.634. The molecule has 0 radical (unpaired) electrons. The number of rotatable bonds is 5. The maximum Gasteiger partial charge on any atom is 0.329 e. The van der Waals surface area contributed by atoms with Crippen LogP contribution >= 0.6 is 11.6 Å². The fourth-order valence-corrected chi connectivity index (χ4v) is 1.62. The molecule has 0 aliphatic heterocycles. The molecule has 0 heterocycles. The van der Waals surface area contributed by atoms with Gasteiger partial charge in [-0.25, -0.2) is 4.21 Å². The van der Waals surface area contributed by atoms with Crippen LogP contribution in [0.25, 0.3) is 0 Å². The van der Waals surface area contributed by atoms with Crippen LogP contribution in [0.1, 0.15) is 12.5 Å². The van der Waals surface area contributed by atoms with Gasteiger partial charge in [0.1, 0.15) is 0 Å². The normalized spacial score (nSPS) is 14.1. The molecule has 0 aliphatic rings. The van der Waals surface area contributed by atoms with E-state index in [1.54, 1.807) is 23.9 Å². The summed E-state index contributed by atoms with van der Waals surface area (Å²) in [6.07, 6.45) is 0.401. The van der Waals surface area contributed by atoms with Gasteiger partial charge in [0.05, 0.1) is 5.92 Å². The van der Waals surface area contributed by atoms with Gasteiger partial charge in [-0.3, -0.25) is 9.35 Å². The first-order chi connectivity index (χ1) is 8.00. The Labute approximate surface area is 106 Å². The Morgan fingerprint density at radius 1 is 1.59 bits per heavy atom. The van der Waals surface area contributed by atoms with Gasteiger partial charge in [-0.1, -0.05) is 36.7 Å². The van der Waals surface area contributed by atoms with E-state index in [0.717, 1.165) is 5.56 Å². The Balaban J connectivity index is 2.54. The van der Waals surface area contributed by atoms with Crippen molar-refractivity contribution in [3.8, 4) is 0 Å². The lowest BCUT2D eigenvalue weighted by molar-refractivity contribution is -0.151. The zero-order chi connectivity index (χ0) is 12.8. The third kappa shape index (κ3) is 4.82. The van der Waals surface area contributed by atoms with E-state index < -0.39 is 23.2 Å². The lowest BCUT2D eigenvalue weighted by Gasteiger charge is -2.10. The summed E-state index contributed by atoms with van der Waals surface area (Å²) in [6, 6.07) is 7.16. The van der Waals surface area contributed by atoms with Crippen molar-refractivity contribution in [2.45, 2.75) is 13.3 Å². The molecule has 2 unspecified atom stereocenters. The monoisotopic (exact) mass is 277 g/mol. The highest BCUT2D eigenvalue weighted by Gasteiger charge is 2.17. The molecule has 0 aromatic heterocycles. The molecule has 0 aliphatic carbocycles. The zero-order valence-corrected chi connectivity index (χ0v) is 10.6. The van der Waals surface area contributed by atoms with Crippen molar-refractivity contribution in [1.82, 2.24) is 4.89 Å². The minimum Gasteiger partial charge on any atom is -0.356 e. The summed E-state index contributed by atoms with van der Waals surface area (Å²) in [4.78, 5) is 17.5. The van der Waals surface area contributed by atoms with Gasteiger partial charge in [-0.05, 0) is 22.9 Å². The van der Waals surface area contributed by atoms with Crippen molar-refractivity contribution in [1.29, 1.82) is 0 Å². The lowest BCUT2D eigenvalue weighted by Crippen LogP contribution is -2.26. The average Bonchev–Trinajstić information content (AvgIpc) is 2.28. The van der Waals surface area contributed by atoms with Crippen molar-refractivity contribution < 1.29 is 18.4 Å². The molecule has 1 rings (SSSR count). The van der Waals surface area contributed by atoms with Crippen molar-refractivity contribution in [2.75, 3.05) is 0 Å². The van der Waals surface area contributed by atoms with Crippen LogP contribution in [-0.4, -0.2) is 14.7 Å². The summed E-state index contributed by atoms with van der Waals surface area (Å²) in [5.41, 5.74) is 0.823. The van der Waals surface area contributed by atoms with Crippen LogP contribution in [0.4, 0.5) is 0 Å². The molecule has 0 spiro atoms. The Morgan fingerprint density at radius 2 is 2.24 bits per heavy atom. The van der Waals surface area contributed by atoms with Crippen LogP contribution in [0.5, 0.6) is 0 Å². The van der Waals surface area contributed by atoms with E-state index in [-0.39, 0.29) is 0 Å². The standard InChI is InChI=1S/C10H12ClNO4S/c1-7(10(13)16-12-17(14)15)6-8-4-2-3-5-9(8)11/h2-5,7,12H,6H2,1H3,(H,14,15). The summed E-state index contributed by atoms with van der Waals surface area (Å²) in [6.45, 7) is 1.65. The van der Waals surface area contributed by atoms with Gasteiger partial charge in [-0.2, -0.15) is 0 Å². The Bertz CT molecular complexity index is 427. The number of benzene rings is 1. The van der Waals surface area contributed by atoms with Crippen LogP contribution in [0, 0.1) is 5.92 Å². The second-order valence-electron chi connectivity index (χ2n) is 3.45. The molecule has 0 fully saturated rings. The summed E-state index contributed by atoms with van der Waals surface area (Å²) in [7, 11) is 0. The first kappa shape index (κ1) is 14.1. The Morgan fingerprint density at radius 3 is 2.82 bits per heavy atom. The van der Waals surface area contributed by atoms with Crippen molar-refractivity contribution in [2.24, 2.45) is 5.92 Å². The van der Waals surface area contributed by atoms with Gasteiger partial charge in [0.15, 0.2) is 0 Å². The summed E-state index contributed by atoms with van der Waals surface area (Å²) >= 11 is 3.57. The number of carbonyl (C=O) groups is 1. The molecule has 1 aromatic carbocycles. The Hall–Kier alpha value is -0.950. The van der Waals surface area contributed by atoms with Crippen molar-refractivity contribution in [3.05, 3.63) is 34.9 Å². The fraction of sp³-hybridized carbons (Fsp3) is 0.300. The molecular weight excluding hydrogens is 266 g/mol. The average molecular weight is 278 g/mol. The predicted molar refractivity (Wildman–Crippen MR) is 64.3 cm³/mol. The highest BCUT2D eigenvalue weighted by molar-refractivity contribution is 7.76. The van der Waals surface area contributed by atoms with E-state index in [9.17, 15) is 9.00 Å². The Kier molecular flexibility index (Phi) is 5.57. The van der Waals surface area contributed by atoms with Crippen molar-refractivity contribution in [3.63, 3.8) is 0 Å². The first-order valence-electron chi connectivity index (χ1n) is 4.81. The molecule has 0 bridgehead atoms. The van der Waals surface area contributed by atoms with Crippen LogP contribution in [0.2, 0.25) is 5.02 Å². The highest BCUT2D eigenvalue weighted by Crippen LogP contribution is 2.19. The molecule has 2 N–H and O–H groups in total. The summed E-state index contributed by atoms with van der Waals surface area (Å²) in [5, 5.41) is 0.575. The topological polar surface area (TPSA) is 75.6 Å². The third-order valence-electron chi connectivity index (χ3n) is 2.10. The zero-order valence-electron chi connectivity index (χ0n) is 9.05. The van der Waals surface area contributed by atoms with E-state index in [1.165, 1.54) is 0 Å². The first-order valence-corrected chi connectivity index (χ1v) is 6.29. The molecule has 0 saturated carbocycles. The highest BCUT2D eigenvalue weighted by atomic mass is 35.5. The number of halogens is 1. The SMILES string of the molecule is CC(Cc1ccccc1Cl)C(=O)ONS(=O)O. The number of carbonyl (C=O) groups excluding carboxylic acids is 1. The maximum absolute atomic E-state index is 11.4. The predicted octanol–water partition coefficient (Wildman–Crippen LogP) is 1.70. The molecule has 2 atom stereocenters. The lowest BCUT2D eigenvalue weighted by atomic mass is 10.0. The van der Waals surface area contributed by atoms with Crippen molar-refractivity contribution >= 4 is 28.8 Å². The molecule has 5 nitrogen and oxygen atoms in total. The second-order valence-corrected chi connectivity index (χ2v) is 4.52. The van der Waals surface area contributed by atoms with Gasteiger partial charge >= 0.3 is 5.97 Å². The smallest absolute Gasteiger partial charge is 0.329 e. The van der Waals surface area contributed by atoms with Gasteiger partial charge in [0.2, 0.25) is 0 Å². The van der Waals surface area contributed by atoms with Gasteiger partial charge < -0.3 is 4.84 Å². The summed E-state index contributed by atoms with van der Waals surface area (Å²) in [5.74, 6) is -1.08. The molecule has 0 saturated heterocycles. The fourth-order valence-electron chi connectivity index (χ4n) is 1.25. The number of nitrogens with one attached hydrogen (secondary N) is 1. The minimum absolute atomic E-state index is 0.401. The molecule has 7 heteroatoms. The van der Waals surface area contributed by atoms with Crippen LogP contribution < -0.4 is 4.89 Å². The number of hydrogen-bond acceptors (Lipinski definition) is 3. The second kappa shape index (κ2) is 6.70. The van der Waals surface area contributed by atoms with Crippen LogP contribution in [-0.2, 0) is 27.3 Å². The summed E-state index contributed by atoms with van der Waals surface area (Å²) < 4.78 is 18.6. The molecular formula is C10H12ClNO4S. The minimum atomic E-state index is -2.37. The van der Waals surface area contributed by atoms with Gasteiger partial charge in [0.25, 0.3) is 11.3 Å². The molecule has 17 heavy (non-hydrogen) atoms. The maximum atomic E-state index is 11.4. The van der Waals surface area contributed by atoms with E-state index in [2.05, 4.69) is 4.84 Å². The molecule has 94 valence electrons. The van der Waals surface area contributed by atoms with E-state index in [4.69, 9.17) is 16.2 Å². The molecule has 1 aromatic rings. The van der Waals surface area contributed by atoms with E-state index in [1.807, 2.05) is 12.1 Å². The number of hydrogen-bond donors (Lipinski definition) is 2. The van der Waals surface area contributed by atoms with Gasteiger partial charge in [-0.15, -0.1) is 0 Å². The van der Waals surface area contributed by atoms with Crippen LogP contribution in [0.3, 0.4) is 0 Å². The van der Waals surface area contributed by atoms with Crippen LogP contribution in [0.15, 0.2) is 24.3 Å². The largest absolute Gasteiger partial charge is 0.356 e. The van der Waals surface area contributed by atoms with E-state index in [0.29, 0.717) is 11.4 Å². The van der Waals surface area contributed by atoms with E-state index >= 15 is 0 Å². The molecule has 0 amide bonds. The van der Waals surface area contributed by atoms with Gasteiger partial charge in [0, 0.05) is 5.02 Å².